The number of pyridine rings is 1. The van der Waals surface area contributed by atoms with E-state index in [-0.39, 0.29) is 43.9 Å². The molecule has 2 aromatic carbocycles. The molecule has 0 amide bonds. The van der Waals surface area contributed by atoms with Crippen molar-refractivity contribution in [1.29, 1.82) is 0 Å². The summed E-state index contributed by atoms with van der Waals surface area (Å²) in [6.07, 6.45) is 3.14. The first kappa shape index (κ1) is 21.2. The lowest BCUT2D eigenvalue weighted by molar-refractivity contribution is 0.0696. The average Bonchev–Trinajstić information content (AvgIpc) is 3.43. The number of aromatic carboxylic acids is 1. The Hall–Kier alpha value is -3.65. The van der Waals surface area contributed by atoms with Gasteiger partial charge in [0.05, 0.1) is 21.7 Å². The van der Waals surface area contributed by atoms with Crippen molar-refractivity contribution in [2.75, 3.05) is 0 Å². The van der Waals surface area contributed by atoms with E-state index >= 15 is 0 Å². The molecule has 0 spiro atoms. The average molecular weight is 468 g/mol. The van der Waals surface area contributed by atoms with Gasteiger partial charge in [-0.15, -0.1) is 0 Å². The largest absolute Gasteiger partial charge is 0.478 e. The lowest BCUT2D eigenvalue weighted by atomic mass is 9.92. The lowest BCUT2D eigenvalue weighted by Gasteiger charge is -2.16. The third kappa shape index (κ3) is 3.38. The van der Waals surface area contributed by atoms with Crippen LogP contribution in [0.4, 0.5) is 8.78 Å². The molecule has 9 heteroatoms. The van der Waals surface area contributed by atoms with Gasteiger partial charge in [-0.05, 0) is 60.2 Å². The monoisotopic (exact) mass is 467 g/mol. The van der Waals surface area contributed by atoms with E-state index in [1.807, 2.05) is 6.92 Å². The highest BCUT2D eigenvalue weighted by molar-refractivity contribution is 6.34. The Balaban J connectivity index is 1.72. The van der Waals surface area contributed by atoms with E-state index in [1.165, 1.54) is 24.4 Å². The molecule has 0 unspecified atom stereocenters. The van der Waals surface area contributed by atoms with Crippen molar-refractivity contribution in [2.45, 2.75) is 25.2 Å². The molecular weight excluding hydrogens is 452 g/mol. The second-order valence-corrected chi connectivity index (χ2v) is 8.66. The number of fused-ring (bicyclic) bond motifs is 1. The van der Waals surface area contributed by atoms with Crippen molar-refractivity contribution in [3.05, 3.63) is 82.0 Å². The van der Waals surface area contributed by atoms with E-state index < -0.39 is 23.5 Å². The van der Waals surface area contributed by atoms with Gasteiger partial charge in [0.2, 0.25) is 0 Å². The van der Waals surface area contributed by atoms with Crippen LogP contribution in [0.3, 0.4) is 0 Å². The first-order chi connectivity index (χ1) is 15.7. The summed E-state index contributed by atoms with van der Waals surface area (Å²) in [7, 11) is 0. The molecule has 2 heterocycles. The summed E-state index contributed by atoms with van der Waals surface area (Å²) in [5.41, 5.74) is 0.688. The van der Waals surface area contributed by atoms with Gasteiger partial charge in [0.15, 0.2) is 0 Å². The number of hydrogen-bond donors (Lipinski definition) is 1. The fourth-order valence-electron chi connectivity index (χ4n) is 3.95. The molecule has 33 heavy (non-hydrogen) atoms. The van der Waals surface area contributed by atoms with Gasteiger partial charge >= 0.3 is 5.97 Å². The minimum Gasteiger partial charge on any atom is -0.478 e. The summed E-state index contributed by atoms with van der Waals surface area (Å²) >= 11 is 6.26. The van der Waals surface area contributed by atoms with Crippen LogP contribution in [0.15, 0.2) is 48.7 Å². The number of carboxylic acids is 1. The van der Waals surface area contributed by atoms with Gasteiger partial charge in [0.1, 0.15) is 22.8 Å². The summed E-state index contributed by atoms with van der Waals surface area (Å²) < 4.78 is 30.2. The van der Waals surface area contributed by atoms with Gasteiger partial charge < -0.3 is 5.11 Å². The van der Waals surface area contributed by atoms with Crippen LogP contribution >= 0.6 is 11.6 Å². The zero-order valence-electron chi connectivity index (χ0n) is 17.3. The van der Waals surface area contributed by atoms with Crippen molar-refractivity contribution < 1.29 is 23.5 Å². The number of benzene rings is 2. The number of aromatic nitrogens is 3. The van der Waals surface area contributed by atoms with Crippen LogP contribution in [-0.4, -0.2) is 31.7 Å². The molecule has 6 nitrogen and oxygen atoms in total. The Kier molecular flexibility index (Phi) is 4.79. The van der Waals surface area contributed by atoms with E-state index in [4.69, 9.17) is 16.7 Å². The highest BCUT2D eigenvalue weighted by Gasteiger charge is 2.43. The standard InChI is InChI=1S/C24H16ClF2N3O3/c1-24(8-9-24)14-6-7-15(26)19(25)18(14)22(31)30-17-3-2-10-28-21(17)20(29-30)13-5-4-12(23(32)33)11-16(13)27/h2-7,10-11H,8-9H2,1H3,(H,32,33). The number of carboxylic acid groups (broad SMARTS) is 1. The molecule has 1 saturated carbocycles. The Bertz CT molecular complexity index is 1480. The predicted octanol–water partition coefficient (Wildman–Crippen LogP) is 5.47. The molecule has 0 bridgehead atoms. The van der Waals surface area contributed by atoms with Crippen molar-refractivity contribution in [3.8, 4) is 11.3 Å². The van der Waals surface area contributed by atoms with Gasteiger partial charge in [0, 0.05) is 11.8 Å². The van der Waals surface area contributed by atoms with E-state index in [2.05, 4.69) is 10.1 Å². The third-order valence-electron chi connectivity index (χ3n) is 6.06. The molecule has 0 radical (unpaired) electrons. The fraction of sp³-hybridized carbons (Fsp3) is 0.167. The van der Waals surface area contributed by atoms with E-state index in [0.29, 0.717) is 5.56 Å². The summed E-state index contributed by atoms with van der Waals surface area (Å²) in [4.78, 5) is 29.1. The minimum atomic E-state index is -1.27. The molecule has 166 valence electrons. The Morgan fingerprint density at radius 3 is 2.55 bits per heavy atom. The van der Waals surface area contributed by atoms with E-state index in [0.717, 1.165) is 23.6 Å². The summed E-state index contributed by atoms with van der Waals surface area (Å²) in [5.74, 6) is -3.48. The zero-order chi connectivity index (χ0) is 23.5. The highest BCUT2D eigenvalue weighted by atomic mass is 35.5. The smallest absolute Gasteiger partial charge is 0.335 e. The van der Waals surface area contributed by atoms with Gasteiger partial charge in [-0.1, -0.05) is 24.6 Å². The maximum atomic E-state index is 14.8. The molecule has 1 aliphatic rings. The molecular formula is C24H16ClF2N3O3. The topological polar surface area (TPSA) is 85.1 Å². The Labute approximate surface area is 191 Å². The number of carbonyl (C=O) groups excluding carboxylic acids is 1. The normalized spacial score (nSPS) is 14.4. The number of nitrogens with zero attached hydrogens (tertiary/aromatic N) is 3. The zero-order valence-corrected chi connectivity index (χ0v) is 18.0. The van der Waals surface area contributed by atoms with Crippen LogP contribution in [0, 0.1) is 11.6 Å². The van der Waals surface area contributed by atoms with Crippen LogP contribution in [0.1, 0.15) is 46.0 Å². The van der Waals surface area contributed by atoms with Crippen LogP contribution in [0.5, 0.6) is 0 Å². The molecule has 0 aliphatic heterocycles. The molecule has 1 aliphatic carbocycles. The lowest BCUT2D eigenvalue weighted by Crippen LogP contribution is -2.19. The molecule has 4 aromatic rings. The van der Waals surface area contributed by atoms with E-state index in [1.54, 1.807) is 18.2 Å². The predicted molar refractivity (Wildman–Crippen MR) is 118 cm³/mol. The second kappa shape index (κ2) is 7.45. The van der Waals surface area contributed by atoms with Crippen LogP contribution in [0.2, 0.25) is 5.02 Å². The number of carbonyl (C=O) groups is 2. The second-order valence-electron chi connectivity index (χ2n) is 8.28. The summed E-state index contributed by atoms with van der Waals surface area (Å²) in [6.45, 7) is 1.97. The molecule has 1 fully saturated rings. The van der Waals surface area contributed by atoms with Crippen LogP contribution in [0.25, 0.3) is 22.3 Å². The SMILES string of the molecule is CC1(c2ccc(F)c(Cl)c2C(=O)n2nc(-c3ccc(C(=O)O)cc3F)c3ncccc32)CC1. The first-order valence-electron chi connectivity index (χ1n) is 10.1. The molecule has 0 saturated heterocycles. The van der Waals surface area contributed by atoms with Crippen molar-refractivity contribution >= 4 is 34.5 Å². The van der Waals surface area contributed by atoms with Crippen molar-refractivity contribution in [1.82, 2.24) is 14.8 Å². The van der Waals surface area contributed by atoms with Gasteiger partial charge in [0.25, 0.3) is 5.91 Å². The van der Waals surface area contributed by atoms with E-state index in [9.17, 15) is 18.4 Å². The van der Waals surface area contributed by atoms with Gasteiger partial charge in [-0.2, -0.15) is 9.78 Å². The molecule has 2 aromatic heterocycles. The molecule has 0 atom stereocenters. The Morgan fingerprint density at radius 2 is 1.88 bits per heavy atom. The maximum Gasteiger partial charge on any atom is 0.335 e. The van der Waals surface area contributed by atoms with Crippen LogP contribution in [-0.2, 0) is 5.41 Å². The minimum absolute atomic E-state index is 0.0122. The first-order valence-corrected chi connectivity index (χ1v) is 10.5. The Morgan fingerprint density at radius 1 is 1.12 bits per heavy atom. The number of halogens is 3. The maximum absolute atomic E-state index is 14.8. The summed E-state index contributed by atoms with van der Waals surface area (Å²) in [5, 5.41) is 13.1. The summed E-state index contributed by atoms with van der Waals surface area (Å²) in [6, 6.07) is 9.39. The number of rotatable bonds is 4. The number of hydrogen-bond acceptors (Lipinski definition) is 4. The highest BCUT2D eigenvalue weighted by Crippen LogP contribution is 2.50. The quantitative estimate of drug-likeness (QED) is 0.430. The molecule has 5 rings (SSSR count). The van der Waals surface area contributed by atoms with Crippen molar-refractivity contribution in [2.24, 2.45) is 0 Å². The third-order valence-corrected chi connectivity index (χ3v) is 6.43. The van der Waals surface area contributed by atoms with Crippen molar-refractivity contribution in [3.63, 3.8) is 0 Å². The molecule has 1 N–H and O–H groups in total. The van der Waals surface area contributed by atoms with Gasteiger partial charge in [-0.25, -0.2) is 13.6 Å². The van der Waals surface area contributed by atoms with Gasteiger partial charge in [-0.3, -0.25) is 9.78 Å². The van der Waals surface area contributed by atoms with Crippen LogP contribution < -0.4 is 0 Å². The fourth-order valence-corrected chi connectivity index (χ4v) is 4.20.